The Morgan fingerprint density at radius 3 is 2.61 bits per heavy atom. The number of fused-ring (bicyclic) bond motifs is 3. The van der Waals surface area contributed by atoms with E-state index in [1.165, 1.54) is 27.4 Å². The number of morpholine rings is 1. The normalized spacial score (nSPS) is 14.8. The Morgan fingerprint density at radius 2 is 1.81 bits per heavy atom. The summed E-state index contributed by atoms with van der Waals surface area (Å²) in [6.45, 7) is 3.42. The first-order valence-corrected chi connectivity index (χ1v) is 11.3. The third kappa shape index (κ3) is 3.74. The molecule has 0 N–H and O–H groups in total. The Kier molecular flexibility index (Phi) is 5.53. The molecule has 1 saturated heterocycles. The molecule has 1 aliphatic heterocycles. The molecule has 0 saturated carbocycles. The number of imidazole rings is 1. The average molecular weight is 496 g/mol. The Balaban J connectivity index is 1.48. The van der Waals surface area contributed by atoms with E-state index in [9.17, 15) is 18.0 Å². The van der Waals surface area contributed by atoms with Gasteiger partial charge in [0.15, 0.2) is 5.69 Å². The lowest BCUT2D eigenvalue weighted by atomic mass is 10.2. The highest BCUT2D eigenvalue weighted by molar-refractivity contribution is 5.84. The Labute approximate surface area is 201 Å². The number of aromatic nitrogens is 5. The lowest BCUT2D eigenvalue weighted by Crippen LogP contribution is -2.39. The van der Waals surface area contributed by atoms with Crippen LogP contribution in [-0.4, -0.2) is 61.8 Å². The van der Waals surface area contributed by atoms with Gasteiger partial charge in [0.1, 0.15) is 34.8 Å². The molecule has 3 aromatic heterocycles. The van der Waals surface area contributed by atoms with Crippen LogP contribution in [0.2, 0.25) is 0 Å². The maximum atomic E-state index is 15.0. The van der Waals surface area contributed by atoms with E-state index in [1.54, 1.807) is 12.1 Å². The van der Waals surface area contributed by atoms with Crippen molar-refractivity contribution in [1.29, 1.82) is 0 Å². The molecule has 4 heterocycles. The minimum absolute atomic E-state index is 0.0645. The van der Waals surface area contributed by atoms with Gasteiger partial charge in [0.25, 0.3) is 11.4 Å². The van der Waals surface area contributed by atoms with Crippen LogP contribution in [0.4, 0.5) is 13.2 Å². The smallest absolute Gasteiger partial charge is 0.279 e. The fraction of sp³-hybridized carbons (Fsp3) is 0.250. The summed E-state index contributed by atoms with van der Waals surface area (Å²) in [6.07, 6.45) is 1.38. The van der Waals surface area contributed by atoms with Crippen LogP contribution < -0.4 is 5.56 Å². The van der Waals surface area contributed by atoms with E-state index in [2.05, 4.69) is 20.0 Å². The van der Waals surface area contributed by atoms with Gasteiger partial charge in [-0.3, -0.25) is 14.1 Å². The molecule has 9 nitrogen and oxygen atoms in total. The summed E-state index contributed by atoms with van der Waals surface area (Å²) in [7, 11) is 0. The molecule has 1 fully saturated rings. The topological polar surface area (TPSA) is 90.7 Å². The monoisotopic (exact) mass is 496 g/mol. The Bertz CT molecular complexity index is 1650. The molecule has 12 heteroatoms. The van der Waals surface area contributed by atoms with Crippen LogP contribution in [0.15, 0.2) is 52.0 Å². The van der Waals surface area contributed by atoms with Gasteiger partial charge in [0.05, 0.1) is 24.3 Å². The largest absolute Gasteiger partial charge is 0.379 e. The first-order valence-electron chi connectivity index (χ1n) is 11.3. The third-order valence-electron chi connectivity index (χ3n) is 6.25. The van der Waals surface area contributed by atoms with Gasteiger partial charge in [-0.15, -0.1) is 0 Å². The van der Waals surface area contributed by atoms with E-state index in [4.69, 9.17) is 9.26 Å². The van der Waals surface area contributed by atoms with E-state index in [0.717, 1.165) is 19.2 Å². The highest BCUT2D eigenvalue weighted by Gasteiger charge is 2.24. The molecule has 0 amide bonds. The summed E-state index contributed by atoms with van der Waals surface area (Å²) in [5.74, 6) is -2.37. The number of halogens is 3. The van der Waals surface area contributed by atoms with Crippen LogP contribution in [0.25, 0.3) is 39.5 Å². The summed E-state index contributed by atoms with van der Waals surface area (Å²) < 4.78 is 56.0. The SMILES string of the molecule is O=c1c2c(-c3nc(-c4ccc(F)cc4F)no3)ncn2c2cccc(F)c2n1CCN1CCOCC1. The quantitative estimate of drug-likeness (QED) is 0.369. The van der Waals surface area contributed by atoms with Crippen LogP contribution in [0.3, 0.4) is 0 Å². The van der Waals surface area contributed by atoms with Gasteiger partial charge < -0.3 is 13.8 Å². The highest BCUT2D eigenvalue weighted by atomic mass is 19.1. The summed E-state index contributed by atoms with van der Waals surface area (Å²) in [5.41, 5.74) is 0.241. The van der Waals surface area contributed by atoms with Gasteiger partial charge in [-0.05, 0) is 24.3 Å². The zero-order chi connectivity index (χ0) is 24.8. The molecule has 6 rings (SSSR count). The lowest BCUT2D eigenvalue weighted by molar-refractivity contribution is 0.0364. The second kappa shape index (κ2) is 8.88. The van der Waals surface area contributed by atoms with Crippen molar-refractivity contribution in [2.24, 2.45) is 0 Å². The van der Waals surface area contributed by atoms with Crippen LogP contribution in [0, 0.1) is 17.5 Å². The summed E-state index contributed by atoms with van der Waals surface area (Å²) in [5, 5.41) is 3.78. The summed E-state index contributed by atoms with van der Waals surface area (Å²) in [6, 6.07) is 7.53. The molecule has 0 atom stereocenters. The van der Waals surface area contributed by atoms with Crippen LogP contribution >= 0.6 is 0 Å². The number of hydrogen-bond acceptors (Lipinski definition) is 7. The number of benzene rings is 2. The second-order valence-electron chi connectivity index (χ2n) is 8.38. The molecule has 0 spiro atoms. The number of rotatable bonds is 5. The minimum Gasteiger partial charge on any atom is -0.379 e. The van der Waals surface area contributed by atoms with Crippen molar-refractivity contribution in [3.05, 3.63) is 70.5 Å². The first kappa shape index (κ1) is 22.4. The average Bonchev–Trinajstić information content (AvgIpc) is 3.53. The van der Waals surface area contributed by atoms with Crippen LogP contribution in [-0.2, 0) is 11.3 Å². The van der Waals surface area contributed by atoms with Gasteiger partial charge in [-0.25, -0.2) is 18.2 Å². The van der Waals surface area contributed by atoms with E-state index >= 15 is 0 Å². The summed E-state index contributed by atoms with van der Waals surface area (Å²) >= 11 is 0. The molecule has 184 valence electrons. The van der Waals surface area contributed by atoms with Crippen molar-refractivity contribution in [2.75, 3.05) is 32.8 Å². The van der Waals surface area contributed by atoms with E-state index in [-0.39, 0.29) is 40.6 Å². The molecule has 5 aromatic rings. The zero-order valence-corrected chi connectivity index (χ0v) is 18.8. The van der Waals surface area contributed by atoms with Crippen molar-refractivity contribution >= 4 is 16.6 Å². The van der Waals surface area contributed by atoms with Gasteiger partial charge in [0.2, 0.25) is 5.82 Å². The molecule has 36 heavy (non-hydrogen) atoms. The van der Waals surface area contributed by atoms with Gasteiger partial charge in [0, 0.05) is 32.2 Å². The van der Waals surface area contributed by atoms with Crippen LogP contribution in [0.1, 0.15) is 0 Å². The number of para-hydroxylation sites is 1. The molecule has 0 radical (unpaired) electrons. The predicted molar refractivity (Wildman–Crippen MR) is 123 cm³/mol. The third-order valence-corrected chi connectivity index (χ3v) is 6.25. The Morgan fingerprint density at radius 1 is 0.972 bits per heavy atom. The van der Waals surface area contributed by atoms with E-state index < -0.39 is 23.0 Å². The lowest BCUT2D eigenvalue weighted by Gasteiger charge is -2.27. The molecule has 0 unspecified atom stereocenters. The van der Waals surface area contributed by atoms with Crippen molar-refractivity contribution in [3.8, 4) is 23.0 Å². The van der Waals surface area contributed by atoms with Crippen molar-refractivity contribution < 1.29 is 22.4 Å². The molecular formula is C24H19F3N6O3. The van der Waals surface area contributed by atoms with Crippen LogP contribution in [0.5, 0.6) is 0 Å². The zero-order valence-electron chi connectivity index (χ0n) is 18.8. The van der Waals surface area contributed by atoms with Gasteiger partial charge in [-0.1, -0.05) is 11.2 Å². The number of nitrogens with zero attached hydrogens (tertiary/aromatic N) is 6. The fourth-order valence-electron chi connectivity index (χ4n) is 4.47. The van der Waals surface area contributed by atoms with E-state index in [0.29, 0.717) is 31.3 Å². The fourth-order valence-corrected chi connectivity index (χ4v) is 4.47. The predicted octanol–water partition coefficient (Wildman–Crippen LogP) is 3.12. The number of ether oxygens (including phenoxy) is 1. The molecule has 0 bridgehead atoms. The first-order chi connectivity index (χ1) is 17.5. The molecule has 1 aliphatic rings. The molecule has 0 aliphatic carbocycles. The minimum atomic E-state index is -0.857. The van der Waals surface area contributed by atoms with E-state index in [1.807, 2.05) is 0 Å². The maximum absolute atomic E-state index is 15.0. The van der Waals surface area contributed by atoms with Crippen molar-refractivity contribution in [1.82, 2.24) is 29.0 Å². The second-order valence-corrected chi connectivity index (χ2v) is 8.38. The van der Waals surface area contributed by atoms with Gasteiger partial charge >= 0.3 is 0 Å². The summed E-state index contributed by atoms with van der Waals surface area (Å²) in [4.78, 5) is 24.3. The molecule has 2 aromatic carbocycles. The highest BCUT2D eigenvalue weighted by Crippen LogP contribution is 2.27. The standard InChI is InChI=1S/C24H19F3N6O3/c25-14-4-5-15(17(27)12-14)22-29-23(36-30-22)19-21-24(34)32(7-6-31-8-10-35-11-9-31)20-16(26)2-1-3-18(20)33(21)13-28-19/h1-5,12-13H,6-11H2. The number of hydrogen-bond donors (Lipinski definition) is 0. The van der Waals surface area contributed by atoms with Crippen molar-refractivity contribution in [3.63, 3.8) is 0 Å². The molecular weight excluding hydrogens is 477 g/mol. The van der Waals surface area contributed by atoms with Gasteiger partial charge in [-0.2, -0.15) is 4.98 Å². The maximum Gasteiger partial charge on any atom is 0.279 e. The van der Waals surface area contributed by atoms with Crippen molar-refractivity contribution in [2.45, 2.75) is 6.54 Å². The Hall–Kier alpha value is -4.03.